The van der Waals surface area contributed by atoms with Gasteiger partial charge in [-0.15, -0.1) is 0 Å². The Balaban J connectivity index is 2.32. The molecule has 0 fully saturated rings. The van der Waals surface area contributed by atoms with E-state index in [0.29, 0.717) is 11.3 Å². The van der Waals surface area contributed by atoms with Crippen molar-refractivity contribution >= 4 is 15.4 Å². The molecule has 3 aromatic rings. The molecule has 0 aliphatic carbocycles. The molecular formula is C17H18F2N4O2S. The van der Waals surface area contributed by atoms with Gasteiger partial charge in [-0.3, -0.25) is 4.40 Å². The number of hydrogen-bond donors (Lipinski definition) is 1. The summed E-state index contributed by atoms with van der Waals surface area (Å²) < 4.78 is 54.5. The van der Waals surface area contributed by atoms with Crippen LogP contribution in [0.25, 0.3) is 16.9 Å². The largest absolute Gasteiger partial charge is 0.495 e. The van der Waals surface area contributed by atoms with Crippen LogP contribution in [-0.2, 0) is 9.73 Å². The molecule has 0 saturated carbocycles. The van der Waals surface area contributed by atoms with Crippen molar-refractivity contribution in [2.75, 3.05) is 7.11 Å². The van der Waals surface area contributed by atoms with Gasteiger partial charge in [-0.1, -0.05) is 0 Å². The highest BCUT2D eigenvalue weighted by molar-refractivity contribution is 7.93. The standard InChI is InChI=1S/C17H18F2N4O2S/c1-17(2,3)26(20,24)13-9-23-11(8-21-16(23)7-12(13)25-4)10-5-14(18)22-15(19)6-10/h5-9,20H,1-4H3. The first-order chi connectivity index (χ1) is 12.0. The number of nitrogens with zero attached hydrogens (tertiary/aromatic N) is 3. The third kappa shape index (κ3) is 2.92. The van der Waals surface area contributed by atoms with Crippen molar-refractivity contribution in [1.29, 1.82) is 4.78 Å². The molecule has 1 N–H and O–H groups in total. The molecule has 0 aromatic carbocycles. The molecule has 0 amide bonds. The SMILES string of the molecule is COc1cc2ncc(-c3cc(F)nc(F)c3)n2cc1S(=N)(=O)C(C)(C)C. The Morgan fingerprint density at radius 3 is 2.35 bits per heavy atom. The van der Waals surface area contributed by atoms with Gasteiger partial charge in [0, 0.05) is 30.0 Å². The third-order valence-electron chi connectivity index (χ3n) is 4.03. The minimum absolute atomic E-state index is 0.189. The van der Waals surface area contributed by atoms with Crippen molar-refractivity contribution in [1.82, 2.24) is 14.4 Å². The summed E-state index contributed by atoms with van der Waals surface area (Å²) in [6.45, 7) is 5.11. The minimum Gasteiger partial charge on any atom is -0.495 e. The van der Waals surface area contributed by atoms with Crippen molar-refractivity contribution in [3.63, 3.8) is 0 Å². The molecule has 0 spiro atoms. The first-order valence-electron chi connectivity index (χ1n) is 7.71. The van der Waals surface area contributed by atoms with Crippen molar-refractivity contribution < 1.29 is 17.7 Å². The summed E-state index contributed by atoms with van der Waals surface area (Å²) in [6, 6.07) is 3.71. The van der Waals surface area contributed by atoms with Crippen LogP contribution < -0.4 is 4.74 Å². The van der Waals surface area contributed by atoms with Gasteiger partial charge < -0.3 is 4.74 Å². The van der Waals surface area contributed by atoms with Crippen molar-refractivity contribution in [2.24, 2.45) is 0 Å². The van der Waals surface area contributed by atoms with E-state index < -0.39 is 26.4 Å². The van der Waals surface area contributed by atoms with E-state index in [9.17, 15) is 13.0 Å². The zero-order valence-electron chi connectivity index (χ0n) is 14.7. The Kier molecular flexibility index (Phi) is 4.22. The summed E-state index contributed by atoms with van der Waals surface area (Å²) in [5, 5.41) is 0. The lowest BCUT2D eigenvalue weighted by atomic mass is 10.2. The average molecular weight is 380 g/mol. The normalized spacial score (nSPS) is 14.4. The highest BCUT2D eigenvalue weighted by Crippen LogP contribution is 2.34. The molecule has 3 heterocycles. The molecule has 1 unspecified atom stereocenters. The Morgan fingerprint density at radius 1 is 1.19 bits per heavy atom. The predicted molar refractivity (Wildman–Crippen MR) is 93.8 cm³/mol. The fourth-order valence-corrected chi connectivity index (χ4v) is 3.86. The third-order valence-corrected chi connectivity index (χ3v) is 6.68. The van der Waals surface area contributed by atoms with Crippen LogP contribution in [0.1, 0.15) is 20.8 Å². The molecule has 0 saturated heterocycles. The van der Waals surface area contributed by atoms with Gasteiger partial charge in [-0.25, -0.2) is 14.0 Å². The number of ether oxygens (including phenoxy) is 1. The Hall–Kier alpha value is -2.55. The first kappa shape index (κ1) is 18.2. The van der Waals surface area contributed by atoms with Crippen LogP contribution >= 0.6 is 0 Å². The van der Waals surface area contributed by atoms with Gasteiger partial charge in [0.2, 0.25) is 11.9 Å². The number of pyridine rings is 2. The van der Waals surface area contributed by atoms with E-state index in [-0.39, 0.29) is 16.2 Å². The van der Waals surface area contributed by atoms with Crippen molar-refractivity contribution in [3.8, 4) is 17.0 Å². The van der Waals surface area contributed by atoms with E-state index in [0.717, 1.165) is 12.1 Å². The zero-order valence-corrected chi connectivity index (χ0v) is 15.5. The molecule has 6 nitrogen and oxygen atoms in total. The maximum atomic E-state index is 13.5. The summed E-state index contributed by atoms with van der Waals surface area (Å²) in [5.41, 5.74) is 1.04. The number of aromatic nitrogens is 3. The minimum atomic E-state index is -3.24. The van der Waals surface area contributed by atoms with Crippen molar-refractivity contribution in [2.45, 2.75) is 30.4 Å². The molecule has 9 heteroatoms. The monoisotopic (exact) mass is 380 g/mol. The number of halogens is 2. The molecule has 138 valence electrons. The second-order valence-electron chi connectivity index (χ2n) is 6.75. The summed E-state index contributed by atoms with van der Waals surface area (Å²) in [4.78, 5) is 7.48. The van der Waals surface area contributed by atoms with E-state index in [1.165, 1.54) is 23.9 Å². The Labute approximate surface area is 149 Å². The summed E-state index contributed by atoms with van der Waals surface area (Å²) >= 11 is 0. The van der Waals surface area contributed by atoms with Gasteiger partial charge in [0.25, 0.3) is 0 Å². The van der Waals surface area contributed by atoms with Crippen LogP contribution in [0.2, 0.25) is 0 Å². The molecule has 26 heavy (non-hydrogen) atoms. The zero-order chi connectivity index (χ0) is 19.3. The highest BCUT2D eigenvalue weighted by Gasteiger charge is 2.30. The quantitative estimate of drug-likeness (QED) is 0.699. The molecule has 0 aliphatic heterocycles. The smallest absolute Gasteiger partial charge is 0.216 e. The van der Waals surface area contributed by atoms with Crippen molar-refractivity contribution in [3.05, 3.63) is 42.5 Å². The van der Waals surface area contributed by atoms with Gasteiger partial charge in [0.05, 0.1) is 33.5 Å². The van der Waals surface area contributed by atoms with Gasteiger partial charge in [-0.2, -0.15) is 13.8 Å². The fourth-order valence-electron chi connectivity index (χ4n) is 2.52. The summed E-state index contributed by atoms with van der Waals surface area (Å²) in [7, 11) is -1.82. The van der Waals surface area contributed by atoms with E-state index in [2.05, 4.69) is 9.97 Å². The second-order valence-corrected chi connectivity index (χ2v) is 9.52. The molecule has 0 radical (unpaired) electrons. The number of methoxy groups -OCH3 is 1. The maximum absolute atomic E-state index is 13.5. The number of nitrogens with one attached hydrogen (secondary N) is 1. The first-order valence-corrected chi connectivity index (χ1v) is 9.27. The summed E-state index contributed by atoms with van der Waals surface area (Å²) in [5.74, 6) is -1.64. The predicted octanol–water partition coefficient (Wildman–Crippen LogP) is 3.89. The second kappa shape index (κ2) is 6.01. The molecule has 1 atom stereocenters. The van der Waals surface area contributed by atoms with E-state index in [1.54, 1.807) is 26.8 Å². The Bertz CT molecular complexity index is 1080. The van der Waals surface area contributed by atoms with Crippen LogP contribution in [-0.4, -0.2) is 30.4 Å². The fraction of sp³-hybridized carbons (Fsp3) is 0.294. The number of hydrogen-bond acceptors (Lipinski definition) is 5. The molecule has 0 bridgehead atoms. The van der Waals surface area contributed by atoms with Crippen LogP contribution in [0, 0.1) is 16.7 Å². The number of fused-ring (bicyclic) bond motifs is 1. The van der Waals surface area contributed by atoms with E-state index >= 15 is 0 Å². The lowest BCUT2D eigenvalue weighted by Gasteiger charge is -2.24. The van der Waals surface area contributed by atoms with Gasteiger partial charge in [0.15, 0.2) is 0 Å². The lowest BCUT2D eigenvalue weighted by molar-refractivity contribution is 0.402. The number of imidazole rings is 1. The van der Waals surface area contributed by atoms with E-state index in [4.69, 9.17) is 9.52 Å². The molecular weight excluding hydrogens is 362 g/mol. The lowest BCUT2D eigenvalue weighted by Crippen LogP contribution is -2.27. The molecule has 0 aliphatic rings. The van der Waals surface area contributed by atoms with Crippen LogP contribution in [0.3, 0.4) is 0 Å². The topological polar surface area (TPSA) is 80.3 Å². The maximum Gasteiger partial charge on any atom is 0.216 e. The van der Waals surface area contributed by atoms with E-state index in [1.807, 2.05) is 0 Å². The van der Waals surface area contributed by atoms with Crippen LogP contribution in [0.15, 0.2) is 35.5 Å². The average Bonchev–Trinajstić information content (AvgIpc) is 2.94. The van der Waals surface area contributed by atoms with Crippen LogP contribution in [0.4, 0.5) is 8.78 Å². The summed E-state index contributed by atoms with van der Waals surface area (Å²) in [6.07, 6.45) is 2.92. The number of rotatable bonds is 3. The molecule has 3 rings (SSSR count). The Morgan fingerprint density at radius 2 is 1.81 bits per heavy atom. The highest BCUT2D eigenvalue weighted by atomic mass is 32.2. The van der Waals surface area contributed by atoms with Gasteiger partial charge in [0.1, 0.15) is 16.3 Å². The molecule has 3 aromatic heterocycles. The van der Waals surface area contributed by atoms with Crippen LogP contribution in [0.5, 0.6) is 5.75 Å². The van der Waals surface area contributed by atoms with Gasteiger partial charge >= 0.3 is 0 Å². The van der Waals surface area contributed by atoms with Gasteiger partial charge in [-0.05, 0) is 20.8 Å².